The predicted molar refractivity (Wildman–Crippen MR) is 130 cm³/mol. The second-order valence-electron chi connectivity index (χ2n) is 8.89. The Labute approximate surface area is 189 Å². The average molecular weight is 431 g/mol. The van der Waals surface area contributed by atoms with Gasteiger partial charge in [-0.2, -0.15) is 0 Å². The van der Waals surface area contributed by atoms with Crippen LogP contribution in [0.5, 0.6) is 0 Å². The Morgan fingerprint density at radius 2 is 1.90 bits per heavy atom. The van der Waals surface area contributed by atoms with Gasteiger partial charge in [-0.25, -0.2) is 9.79 Å². The maximum atomic E-state index is 12.0. The summed E-state index contributed by atoms with van der Waals surface area (Å²) in [5, 5.41) is 2.73. The highest BCUT2D eigenvalue weighted by Gasteiger charge is 2.21. The number of rotatable bonds is 9. The number of amides is 1. The topological polar surface area (TPSA) is 59.9 Å². The third-order valence-corrected chi connectivity index (χ3v) is 5.15. The molecule has 174 valence electrons. The molecule has 1 N–H and O–H groups in total. The molecule has 0 aliphatic heterocycles. The van der Waals surface area contributed by atoms with Crippen molar-refractivity contribution < 1.29 is 14.3 Å². The second kappa shape index (κ2) is 13.2. The maximum Gasteiger partial charge on any atom is 0.408 e. The van der Waals surface area contributed by atoms with Gasteiger partial charge in [-0.1, -0.05) is 38.5 Å². The highest BCUT2D eigenvalue weighted by Crippen LogP contribution is 2.35. The number of ether oxygens (including phenoxy) is 2. The van der Waals surface area contributed by atoms with Crippen molar-refractivity contribution in [3.63, 3.8) is 0 Å². The van der Waals surface area contributed by atoms with Gasteiger partial charge in [0.2, 0.25) is 5.90 Å². The van der Waals surface area contributed by atoms with Gasteiger partial charge in [0, 0.05) is 5.57 Å². The number of aliphatic imine (C=N–C) groups is 1. The summed E-state index contributed by atoms with van der Waals surface area (Å²) in [5.74, 6) is 1.08. The van der Waals surface area contributed by atoms with Gasteiger partial charge >= 0.3 is 6.09 Å². The van der Waals surface area contributed by atoms with E-state index in [4.69, 9.17) is 14.5 Å². The molecule has 1 fully saturated rings. The molecule has 1 aliphatic carbocycles. The first-order valence-electron chi connectivity index (χ1n) is 11.5. The number of hydrogen-bond donors (Lipinski definition) is 1. The molecule has 31 heavy (non-hydrogen) atoms. The second-order valence-corrected chi connectivity index (χ2v) is 8.89. The van der Waals surface area contributed by atoms with Crippen LogP contribution in [0.3, 0.4) is 0 Å². The molecule has 5 heteroatoms. The molecular weight excluding hydrogens is 388 g/mol. The van der Waals surface area contributed by atoms with E-state index in [-0.39, 0.29) is 6.54 Å². The van der Waals surface area contributed by atoms with E-state index >= 15 is 0 Å². The van der Waals surface area contributed by atoms with E-state index in [1.807, 2.05) is 33.8 Å². The van der Waals surface area contributed by atoms with Crippen molar-refractivity contribution in [1.82, 2.24) is 5.32 Å². The van der Waals surface area contributed by atoms with Crippen molar-refractivity contribution in [2.45, 2.75) is 86.2 Å². The molecule has 1 amide bonds. The van der Waals surface area contributed by atoms with Crippen molar-refractivity contribution in [3.05, 3.63) is 46.7 Å². The Bertz CT molecular complexity index is 745. The third kappa shape index (κ3) is 9.58. The van der Waals surface area contributed by atoms with Gasteiger partial charge in [0.1, 0.15) is 5.60 Å². The van der Waals surface area contributed by atoms with Gasteiger partial charge in [-0.05, 0) is 83.4 Å². The van der Waals surface area contributed by atoms with Crippen LogP contribution in [0.25, 0.3) is 0 Å². The largest absolute Gasteiger partial charge is 0.483 e. The minimum Gasteiger partial charge on any atom is -0.483 e. The van der Waals surface area contributed by atoms with E-state index in [1.165, 1.54) is 30.4 Å². The van der Waals surface area contributed by atoms with Gasteiger partial charge < -0.3 is 14.8 Å². The highest BCUT2D eigenvalue weighted by atomic mass is 16.6. The lowest BCUT2D eigenvalue weighted by atomic mass is 9.78. The molecule has 5 nitrogen and oxygen atoms in total. The van der Waals surface area contributed by atoms with Gasteiger partial charge in [0.25, 0.3) is 0 Å². The van der Waals surface area contributed by atoms with Crippen LogP contribution in [0, 0.1) is 5.92 Å². The number of alkyl carbamates (subject to hydrolysis) is 1. The molecule has 0 aromatic carbocycles. The number of hydrogen-bond acceptors (Lipinski definition) is 4. The number of carbonyl (C=O) groups excluding carboxylic acids is 1. The minimum atomic E-state index is -0.552. The van der Waals surface area contributed by atoms with E-state index < -0.39 is 11.7 Å². The first-order valence-corrected chi connectivity index (χ1v) is 11.5. The fraction of sp³-hybridized carbons (Fsp3) is 0.615. The molecule has 0 unspecified atom stereocenters. The standard InChI is InChI=1S/C26H42N2O3/c1-9-13-21(20-15-12-16-20)17-22(14-10-2)24(19(4)11-3)28-23(30-8)18-27-25(29)31-26(5,6)7/h10,13-14,17,20H,9,11-12,15-16,18H2,1-8H3,(H,27,29)/b14-10-,21-13-,22-17+,24-19?,28-23?. The van der Waals surface area contributed by atoms with E-state index in [2.05, 4.69) is 44.3 Å². The quantitative estimate of drug-likeness (QED) is 0.246. The van der Waals surface area contributed by atoms with Crippen LogP contribution in [0.2, 0.25) is 0 Å². The molecule has 0 heterocycles. The Balaban J connectivity index is 3.24. The Morgan fingerprint density at radius 3 is 2.35 bits per heavy atom. The van der Waals surface area contributed by atoms with Gasteiger partial charge in [-0.3, -0.25) is 0 Å². The molecule has 0 saturated heterocycles. The van der Waals surface area contributed by atoms with Crippen LogP contribution in [0.15, 0.2) is 51.7 Å². The molecule has 0 aromatic heterocycles. The van der Waals surface area contributed by atoms with E-state index in [1.54, 1.807) is 7.11 Å². The number of allylic oxidation sites excluding steroid dienone is 6. The van der Waals surface area contributed by atoms with E-state index in [0.29, 0.717) is 11.8 Å². The Hall–Kier alpha value is -2.30. The zero-order chi connectivity index (χ0) is 23.4. The average Bonchev–Trinajstić information content (AvgIpc) is 2.65. The van der Waals surface area contributed by atoms with Crippen molar-refractivity contribution in [1.29, 1.82) is 0 Å². The van der Waals surface area contributed by atoms with Crippen molar-refractivity contribution >= 4 is 12.0 Å². The van der Waals surface area contributed by atoms with Crippen molar-refractivity contribution in [2.24, 2.45) is 10.9 Å². The van der Waals surface area contributed by atoms with Crippen LogP contribution < -0.4 is 5.32 Å². The normalized spacial score (nSPS) is 17.4. The van der Waals surface area contributed by atoms with Crippen LogP contribution >= 0.6 is 0 Å². The van der Waals surface area contributed by atoms with Gasteiger partial charge in [0.15, 0.2) is 0 Å². The molecule has 1 rings (SSSR count). The number of nitrogens with zero attached hydrogens (tertiary/aromatic N) is 1. The van der Waals surface area contributed by atoms with Crippen LogP contribution in [-0.2, 0) is 9.47 Å². The molecule has 1 saturated carbocycles. The summed E-state index contributed by atoms with van der Waals surface area (Å²) in [5.41, 5.74) is 3.97. The fourth-order valence-corrected chi connectivity index (χ4v) is 3.19. The number of nitrogens with one attached hydrogen (secondary N) is 1. The third-order valence-electron chi connectivity index (χ3n) is 5.15. The van der Waals surface area contributed by atoms with Gasteiger partial charge in [0.05, 0.1) is 19.4 Å². The zero-order valence-electron chi connectivity index (χ0n) is 20.8. The first-order chi connectivity index (χ1) is 14.6. The molecule has 0 radical (unpaired) electrons. The summed E-state index contributed by atoms with van der Waals surface area (Å²) in [7, 11) is 1.57. The SMILES string of the molecule is C\C=C/C(=C\C(=C\CC)C1CCC1)C(N=C(CNC(=O)OC(C)(C)C)OC)=C(C)CC. The zero-order valence-corrected chi connectivity index (χ0v) is 20.8. The lowest BCUT2D eigenvalue weighted by molar-refractivity contribution is 0.0533. The highest BCUT2D eigenvalue weighted by molar-refractivity contribution is 5.83. The monoisotopic (exact) mass is 430 g/mol. The molecule has 0 aromatic rings. The van der Waals surface area contributed by atoms with Crippen LogP contribution in [0.4, 0.5) is 4.79 Å². The number of methoxy groups -OCH3 is 1. The summed E-state index contributed by atoms with van der Waals surface area (Å²) in [6, 6.07) is 0. The summed E-state index contributed by atoms with van der Waals surface area (Å²) in [6.07, 6.45) is 14.0. The van der Waals surface area contributed by atoms with Crippen molar-refractivity contribution in [3.8, 4) is 0 Å². The van der Waals surface area contributed by atoms with E-state index in [0.717, 1.165) is 24.1 Å². The molecular formula is C26H42N2O3. The first kappa shape index (κ1) is 26.7. The molecule has 0 bridgehead atoms. The molecule has 0 atom stereocenters. The van der Waals surface area contributed by atoms with E-state index in [9.17, 15) is 4.79 Å². The Kier molecular flexibility index (Phi) is 11.4. The summed E-state index contributed by atoms with van der Waals surface area (Å²) in [6.45, 7) is 14.1. The summed E-state index contributed by atoms with van der Waals surface area (Å²) >= 11 is 0. The summed E-state index contributed by atoms with van der Waals surface area (Å²) in [4.78, 5) is 16.9. The van der Waals surface area contributed by atoms with Crippen LogP contribution in [-0.4, -0.2) is 31.2 Å². The van der Waals surface area contributed by atoms with Crippen molar-refractivity contribution in [2.75, 3.05) is 13.7 Å². The lowest BCUT2D eigenvalue weighted by Crippen LogP contribution is -2.36. The predicted octanol–water partition coefficient (Wildman–Crippen LogP) is 6.88. The molecule has 1 aliphatic rings. The smallest absolute Gasteiger partial charge is 0.408 e. The van der Waals surface area contributed by atoms with Crippen LogP contribution in [0.1, 0.15) is 80.6 Å². The minimum absolute atomic E-state index is 0.162. The Morgan fingerprint density at radius 1 is 1.23 bits per heavy atom. The lowest BCUT2D eigenvalue weighted by Gasteiger charge is -2.27. The number of carbonyl (C=O) groups is 1. The van der Waals surface area contributed by atoms with Gasteiger partial charge in [-0.15, -0.1) is 0 Å². The fourth-order valence-electron chi connectivity index (χ4n) is 3.19. The molecule has 0 spiro atoms. The maximum absolute atomic E-state index is 12.0. The summed E-state index contributed by atoms with van der Waals surface area (Å²) < 4.78 is 10.8.